The van der Waals surface area contributed by atoms with Gasteiger partial charge in [-0.25, -0.2) is 22.0 Å². The molecule has 0 aliphatic rings. The molecule has 0 spiro atoms. The summed E-state index contributed by atoms with van der Waals surface area (Å²) in [5.74, 6) is -1.66. The lowest BCUT2D eigenvalue weighted by Gasteiger charge is -2.02. The van der Waals surface area contributed by atoms with E-state index in [0.717, 1.165) is 7.05 Å². The number of rotatable bonds is 3. The van der Waals surface area contributed by atoms with Gasteiger partial charge in [0.15, 0.2) is 15.5 Å². The highest BCUT2D eigenvalue weighted by Gasteiger charge is 2.32. The number of hydrogen-bond acceptors (Lipinski definition) is 4. The van der Waals surface area contributed by atoms with Gasteiger partial charge in [-0.1, -0.05) is 0 Å². The van der Waals surface area contributed by atoms with E-state index < -0.39 is 38.5 Å². The zero-order valence-electron chi connectivity index (χ0n) is 8.31. The van der Waals surface area contributed by atoms with Crippen LogP contribution in [0, 0.1) is 0 Å². The van der Waals surface area contributed by atoms with Gasteiger partial charge in [-0.2, -0.15) is 5.10 Å². The molecule has 0 aliphatic heterocycles. The summed E-state index contributed by atoms with van der Waals surface area (Å²) in [6.07, 6.45) is -2.46. The molecule has 1 rings (SSSR count). The molecule has 0 radical (unpaired) electrons. The van der Waals surface area contributed by atoms with Crippen molar-refractivity contribution >= 4 is 15.8 Å². The molecule has 0 atom stereocenters. The number of hydrogen-bond donors (Lipinski definition) is 1. The summed E-state index contributed by atoms with van der Waals surface area (Å²) >= 11 is 0. The van der Waals surface area contributed by atoms with Crippen molar-refractivity contribution < 1.29 is 27.1 Å². The molecule has 0 fully saturated rings. The molecule has 1 aromatic rings. The van der Waals surface area contributed by atoms with E-state index in [9.17, 15) is 22.0 Å². The zero-order valence-corrected chi connectivity index (χ0v) is 9.12. The number of sulfone groups is 1. The molecule has 0 bridgehead atoms. The minimum Gasteiger partial charge on any atom is -0.476 e. The van der Waals surface area contributed by atoms with E-state index in [1.165, 1.54) is 0 Å². The lowest BCUT2D eigenvalue weighted by molar-refractivity contribution is 0.0685. The Balaban J connectivity index is 3.70. The zero-order chi connectivity index (χ0) is 12.7. The van der Waals surface area contributed by atoms with Crippen LogP contribution in [0.3, 0.4) is 0 Å². The van der Waals surface area contributed by atoms with Gasteiger partial charge in [0.1, 0.15) is 10.6 Å². The third-order valence-corrected chi connectivity index (χ3v) is 2.97. The smallest absolute Gasteiger partial charge is 0.357 e. The van der Waals surface area contributed by atoms with Gasteiger partial charge in [0.2, 0.25) is 0 Å². The summed E-state index contributed by atoms with van der Waals surface area (Å²) in [6, 6.07) is 0. The molecule has 0 unspecified atom stereocenters. The number of aromatic nitrogens is 2. The maximum atomic E-state index is 12.6. The largest absolute Gasteiger partial charge is 0.476 e. The molecule has 0 saturated carbocycles. The van der Waals surface area contributed by atoms with E-state index in [2.05, 4.69) is 5.10 Å². The fourth-order valence-corrected chi connectivity index (χ4v) is 2.34. The number of aromatic carboxylic acids is 1. The topological polar surface area (TPSA) is 89.3 Å². The second kappa shape index (κ2) is 3.81. The molecule has 0 saturated heterocycles. The fourth-order valence-electron chi connectivity index (χ4n) is 1.26. The molecule has 16 heavy (non-hydrogen) atoms. The van der Waals surface area contributed by atoms with Gasteiger partial charge in [-0.05, 0) is 0 Å². The number of alkyl halides is 2. The Bertz CT molecular complexity index is 535. The molecule has 0 aliphatic carbocycles. The van der Waals surface area contributed by atoms with E-state index in [-0.39, 0.29) is 0 Å². The molecule has 90 valence electrons. The van der Waals surface area contributed by atoms with Crippen molar-refractivity contribution in [3.63, 3.8) is 0 Å². The van der Waals surface area contributed by atoms with E-state index in [0.29, 0.717) is 10.9 Å². The van der Waals surface area contributed by atoms with Crippen LogP contribution in [0.1, 0.15) is 22.6 Å². The first-order chi connectivity index (χ1) is 7.16. The normalized spacial score (nSPS) is 12.1. The third-order valence-electron chi connectivity index (χ3n) is 1.83. The van der Waals surface area contributed by atoms with Crippen molar-refractivity contribution in [1.29, 1.82) is 0 Å². The van der Waals surface area contributed by atoms with E-state index >= 15 is 0 Å². The first-order valence-corrected chi connectivity index (χ1v) is 5.83. The minimum atomic E-state index is -4.08. The molecular formula is C7H8F2N2O4S. The predicted molar refractivity (Wildman–Crippen MR) is 48.2 cm³/mol. The van der Waals surface area contributed by atoms with Gasteiger partial charge < -0.3 is 5.11 Å². The third kappa shape index (κ3) is 2.03. The Hall–Kier alpha value is -1.51. The van der Waals surface area contributed by atoms with Crippen LogP contribution in [0.4, 0.5) is 8.78 Å². The first-order valence-electron chi connectivity index (χ1n) is 3.94. The van der Waals surface area contributed by atoms with Crippen molar-refractivity contribution in [2.45, 2.75) is 11.3 Å². The van der Waals surface area contributed by atoms with Crippen molar-refractivity contribution in [2.24, 2.45) is 7.05 Å². The molecule has 0 amide bonds. The van der Waals surface area contributed by atoms with Crippen LogP contribution in [-0.2, 0) is 16.9 Å². The van der Waals surface area contributed by atoms with Gasteiger partial charge in [0.05, 0.1) is 0 Å². The highest BCUT2D eigenvalue weighted by molar-refractivity contribution is 7.90. The Kier molecular flexibility index (Phi) is 2.99. The molecule has 1 heterocycles. The van der Waals surface area contributed by atoms with Crippen molar-refractivity contribution in [3.8, 4) is 0 Å². The number of carbonyl (C=O) groups is 1. The molecule has 1 aromatic heterocycles. The average Bonchev–Trinajstić information content (AvgIpc) is 2.41. The Morgan fingerprint density at radius 3 is 2.31 bits per heavy atom. The SMILES string of the molecule is Cn1nc(C(=O)O)c(S(C)(=O)=O)c1C(F)F. The van der Waals surface area contributed by atoms with Crippen molar-refractivity contribution in [2.75, 3.05) is 6.26 Å². The van der Waals surface area contributed by atoms with Crippen LogP contribution < -0.4 is 0 Å². The Morgan fingerprint density at radius 1 is 1.50 bits per heavy atom. The second-order valence-electron chi connectivity index (χ2n) is 3.06. The van der Waals surface area contributed by atoms with Crippen LogP contribution in [0.2, 0.25) is 0 Å². The van der Waals surface area contributed by atoms with Crippen LogP contribution in [-0.4, -0.2) is 35.5 Å². The number of nitrogens with zero attached hydrogens (tertiary/aromatic N) is 2. The maximum absolute atomic E-state index is 12.6. The molecule has 9 heteroatoms. The van der Waals surface area contributed by atoms with Crippen LogP contribution in [0.5, 0.6) is 0 Å². The number of carboxylic acid groups (broad SMARTS) is 1. The van der Waals surface area contributed by atoms with Gasteiger partial charge in [-0.15, -0.1) is 0 Å². The van der Waals surface area contributed by atoms with Gasteiger partial charge >= 0.3 is 5.97 Å². The minimum absolute atomic E-state index is 0.560. The summed E-state index contributed by atoms with van der Waals surface area (Å²) in [7, 11) is -3.02. The van der Waals surface area contributed by atoms with Crippen molar-refractivity contribution in [3.05, 3.63) is 11.4 Å². The van der Waals surface area contributed by atoms with E-state index in [1.807, 2.05) is 0 Å². The average molecular weight is 254 g/mol. The summed E-state index contributed by atoms with van der Waals surface area (Å²) in [4.78, 5) is 9.74. The molecular weight excluding hydrogens is 246 g/mol. The lowest BCUT2D eigenvalue weighted by Crippen LogP contribution is -2.08. The highest BCUT2D eigenvalue weighted by Crippen LogP contribution is 2.28. The summed E-state index contributed by atoms with van der Waals surface area (Å²) in [6.45, 7) is 0. The lowest BCUT2D eigenvalue weighted by atomic mass is 10.3. The van der Waals surface area contributed by atoms with E-state index in [1.54, 1.807) is 0 Å². The Morgan fingerprint density at radius 2 is 2.00 bits per heavy atom. The summed E-state index contributed by atoms with van der Waals surface area (Å²) in [5.41, 5.74) is -1.81. The van der Waals surface area contributed by atoms with Crippen molar-refractivity contribution in [1.82, 2.24) is 9.78 Å². The second-order valence-corrected chi connectivity index (χ2v) is 5.02. The number of carboxylic acids is 1. The number of aryl methyl sites for hydroxylation is 1. The van der Waals surface area contributed by atoms with Gasteiger partial charge in [0, 0.05) is 13.3 Å². The van der Waals surface area contributed by atoms with Gasteiger partial charge in [0.25, 0.3) is 6.43 Å². The summed E-state index contributed by atoms with van der Waals surface area (Å²) < 4.78 is 48.2. The molecule has 6 nitrogen and oxygen atoms in total. The first kappa shape index (κ1) is 12.6. The van der Waals surface area contributed by atoms with Gasteiger partial charge in [-0.3, -0.25) is 4.68 Å². The molecule has 1 N–H and O–H groups in total. The quantitative estimate of drug-likeness (QED) is 0.846. The van der Waals surface area contributed by atoms with Crippen LogP contribution in [0.25, 0.3) is 0 Å². The van der Waals surface area contributed by atoms with Crippen LogP contribution >= 0.6 is 0 Å². The van der Waals surface area contributed by atoms with Crippen LogP contribution in [0.15, 0.2) is 4.90 Å². The number of halogens is 2. The predicted octanol–water partition coefficient (Wildman–Crippen LogP) is 0.459. The fraction of sp³-hybridized carbons (Fsp3) is 0.429. The molecule has 0 aromatic carbocycles. The Labute approximate surface area is 89.4 Å². The standard InChI is InChI=1S/C7H8F2N2O4S/c1-11-4(6(8)9)5(16(2,14)15)3(10-11)7(12)13/h6H,1-2H3,(H,12,13). The summed E-state index contributed by atoms with van der Waals surface area (Å²) in [5, 5.41) is 11.9. The maximum Gasteiger partial charge on any atom is 0.357 e. The highest BCUT2D eigenvalue weighted by atomic mass is 32.2. The monoisotopic (exact) mass is 254 g/mol. The van der Waals surface area contributed by atoms with E-state index in [4.69, 9.17) is 5.11 Å².